The molecule has 6 nitrogen and oxygen atoms in total. The predicted molar refractivity (Wildman–Crippen MR) is 97.1 cm³/mol. The summed E-state index contributed by atoms with van der Waals surface area (Å²) in [7, 11) is 0. The number of nitrogens with one attached hydrogen (secondary N) is 1. The lowest BCUT2D eigenvalue weighted by atomic mass is 10.0. The summed E-state index contributed by atoms with van der Waals surface area (Å²) in [6, 6.07) is 17.2. The SMILES string of the molecule is O=C(N/N=C\c1ccc(Cl)c([N+](=O)[O-])c1)c1cccc2ccccc12. The van der Waals surface area contributed by atoms with Gasteiger partial charge in [0.1, 0.15) is 5.02 Å². The first-order valence-corrected chi connectivity index (χ1v) is 7.69. The number of amides is 1. The molecular weight excluding hydrogens is 342 g/mol. The molecule has 3 aromatic carbocycles. The van der Waals surface area contributed by atoms with E-state index in [4.69, 9.17) is 11.6 Å². The Bertz CT molecular complexity index is 997. The van der Waals surface area contributed by atoms with Gasteiger partial charge in [0.2, 0.25) is 0 Å². The topological polar surface area (TPSA) is 84.6 Å². The maximum atomic E-state index is 12.3. The summed E-state index contributed by atoms with van der Waals surface area (Å²) in [4.78, 5) is 22.6. The van der Waals surface area contributed by atoms with E-state index in [-0.39, 0.29) is 16.6 Å². The molecular formula is C18H12ClN3O3. The zero-order chi connectivity index (χ0) is 17.8. The molecule has 0 radical (unpaired) electrons. The Morgan fingerprint density at radius 2 is 1.88 bits per heavy atom. The molecule has 0 fully saturated rings. The molecule has 0 unspecified atom stereocenters. The van der Waals surface area contributed by atoms with Crippen LogP contribution in [0.1, 0.15) is 15.9 Å². The first kappa shape index (κ1) is 16.6. The van der Waals surface area contributed by atoms with Gasteiger partial charge in [-0.15, -0.1) is 0 Å². The van der Waals surface area contributed by atoms with Gasteiger partial charge in [0, 0.05) is 17.2 Å². The number of nitrogens with zero attached hydrogens (tertiary/aromatic N) is 2. The second-order valence-corrected chi connectivity index (χ2v) is 5.60. The number of hydrogen-bond donors (Lipinski definition) is 1. The van der Waals surface area contributed by atoms with Crippen molar-refractivity contribution in [1.29, 1.82) is 0 Å². The second kappa shape index (κ2) is 7.11. The Kier molecular flexibility index (Phi) is 4.72. The minimum Gasteiger partial charge on any atom is -0.267 e. The average molecular weight is 354 g/mol. The quantitative estimate of drug-likeness (QED) is 0.434. The zero-order valence-electron chi connectivity index (χ0n) is 12.8. The van der Waals surface area contributed by atoms with Crippen LogP contribution in [0.2, 0.25) is 5.02 Å². The Morgan fingerprint density at radius 1 is 1.12 bits per heavy atom. The summed E-state index contributed by atoms with van der Waals surface area (Å²) >= 11 is 5.76. The molecule has 0 spiro atoms. The first-order valence-electron chi connectivity index (χ1n) is 7.31. The van der Waals surface area contributed by atoms with E-state index in [1.54, 1.807) is 18.2 Å². The Labute approximate surface area is 147 Å². The van der Waals surface area contributed by atoms with Crippen molar-refractivity contribution in [2.75, 3.05) is 0 Å². The number of hydrazone groups is 1. The van der Waals surface area contributed by atoms with Crippen LogP contribution < -0.4 is 5.43 Å². The third kappa shape index (κ3) is 3.64. The fraction of sp³-hybridized carbons (Fsp3) is 0. The van der Waals surface area contributed by atoms with Gasteiger partial charge in [-0.3, -0.25) is 14.9 Å². The highest BCUT2D eigenvalue weighted by Gasteiger charge is 2.12. The monoisotopic (exact) mass is 353 g/mol. The Balaban J connectivity index is 1.79. The lowest BCUT2D eigenvalue weighted by molar-refractivity contribution is -0.384. The summed E-state index contributed by atoms with van der Waals surface area (Å²) in [5.41, 5.74) is 3.16. The summed E-state index contributed by atoms with van der Waals surface area (Å²) < 4.78 is 0. The van der Waals surface area contributed by atoms with Crippen molar-refractivity contribution in [3.05, 3.63) is 86.9 Å². The number of rotatable bonds is 4. The second-order valence-electron chi connectivity index (χ2n) is 5.19. The van der Waals surface area contributed by atoms with Crippen LogP contribution in [-0.2, 0) is 0 Å². The number of carbonyl (C=O) groups excluding carboxylic acids is 1. The molecule has 0 heterocycles. The van der Waals surface area contributed by atoms with E-state index >= 15 is 0 Å². The van der Waals surface area contributed by atoms with Gasteiger partial charge in [-0.1, -0.05) is 54.1 Å². The van der Waals surface area contributed by atoms with E-state index in [2.05, 4.69) is 10.5 Å². The van der Waals surface area contributed by atoms with Crippen molar-refractivity contribution in [3.8, 4) is 0 Å². The van der Waals surface area contributed by atoms with Crippen molar-refractivity contribution >= 4 is 40.2 Å². The van der Waals surface area contributed by atoms with Gasteiger partial charge < -0.3 is 0 Å². The van der Waals surface area contributed by atoms with Gasteiger partial charge in [0.05, 0.1) is 11.1 Å². The molecule has 0 aromatic heterocycles. The molecule has 3 aromatic rings. The maximum Gasteiger partial charge on any atom is 0.288 e. The van der Waals surface area contributed by atoms with Crippen LogP contribution in [0.25, 0.3) is 10.8 Å². The molecule has 25 heavy (non-hydrogen) atoms. The molecule has 0 saturated heterocycles. The van der Waals surface area contributed by atoms with E-state index in [1.807, 2.05) is 30.3 Å². The van der Waals surface area contributed by atoms with E-state index in [1.165, 1.54) is 18.3 Å². The highest BCUT2D eigenvalue weighted by Crippen LogP contribution is 2.24. The fourth-order valence-electron chi connectivity index (χ4n) is 2.40. The van der Waals surface area contributed by atoms with Crippen LogP contribution >= 0.6 is 11.6 Å². The van der Waals surface area contributed by atoms with Gasteiger partial charge in [0.25, 0.3) is 11.6 Å². The van der Waals surface area contributed by atoms with E-state index in [9.17, 15) is 14.9 Å². The third-order valence-corrected chi connectivity index (χ3v) is 3.90. The molecule has 0 bridgehead atoms. The molecule has 124 valence electrons. The zero-order valence-corrected chi connectivity index (χ0v) is 13.6. The lowest BCUT2D eigenvalue weighted by Crippen LogP contribution is -2.17. The van der Waals surface area contributed by atoms with Gasteiger partial charge >= 0.3 is 0 Å². The molecule has 0 aliphatic carbocycles. The minimum absolute atomic E-state index is 0.0435. The lowest BCUT2D eigenvalue weighted by Gasteiger charge is -2.04. The molecule has 0 atom stereocenters. The van der Waals surface area contributed by atoms with Crippen LogP contribution in [0.15, 0.2) is 65.8 Å². The summed E-state index contributed by atoms with van der Waals surface area (Å²) in [6.07, 6.45) is 1.33. The number of fused-ring (bicyclic) bond motifs is 1. The Morgan fingerprint density at radius 3 is 2.68 bits per heavy atom. The smallest absolute Gasteiger partial charge is 0.267 e. The largest absolute Gasteiger partial charge is 0.288 e. The van der Waals surface area contributed by atoms with Crippen molar-refractivity contribution in [3.63, 3.8) is 0 Å². The number of hydrogen-bond acceptors (Lipinski definition) is 4. The van der Waals surface area contributed by atoms with Gasteiger partial charge in [0.15, 0.2) is 0 Å². The van der Waals surface area contributed by atoms with Crippen LogP contribution in [0.5, 0.6) is 0 Å². The highest BCUT2D eigenvalue weighted by atomic mass is 35.5. The van der Waals surface area contributed by atoms with E-state index in [0.29, 0.717) is 11.1 Å². The summed E-state index contributed by atoms with van der Waals surface area (Å²) in [5.74, 6) is -0.364. The predicted octanol–water partition coefficient (Wildman–Crippen LogP) is 4.17. The van der Waals surface area contributed by atoms with E-state index in [0.717, 1.165) is 10.8 Å². The number of nitro groups is 1. The van der Waals surface area contributed by atoms with Crippen LogP contribution in [0.3, 0.4) is 0 Å². The molecule has 0 aliphatic rings. The average Bonchev–Trinajstić information content (AvgIpc) is 2.62. The van der Waals surface area contributed by atoms with Gasteiger partial charge in [-0.2, -0.15) is 5.10 Å². The third-order valence-electron chi connectivity index (χ3n) is 3.58. The molecule has 3 rings (SSSR count). The van der Waals surface area contributed by atoms with Crippen LogP contribution in [-0.4, -0.2) is 17.0 Å². The number of nitro benzene ring substituents is 1. The van der Waals surface area contributed by atoms with Crippen molar-refractivity contribution in [1.82, 2.24) is 5.43 Å². The highest BCUT2D eigenvalue weighted by molar-refractivity contribution is 6.32. The van der Waals surface area contributed by atoms with Gasteiger partial charge in [-0.25, -0.2) is 5.43 Å². The molecule has 0 saturated carbocycles. The normalized spacial score (nSPS) is 10.9. The fourth-order valence-corrected chi connectivity index (χ4v) is 2.59. The Hall–Kier alpha value is -3.25. The number of carbonyl (C=O) groups is 1. The first-order chi connectivity index (χ1) is 12.1. The number of halogens is 1. The molecule has 7 heteroatoms. The number of benzene rings is 3. The van der Waals surface area contributed by atoms with Crippen LogP contribution in [0, 0.1) is 10.1 Å². The van der Waals surface area contributed by atoms with Crippen molar-refractivity contribution < 1.29 is 9.72 Å². The van der Waals surface area contributed by atoms with Crippen molar-refractivity contribution in [2.45, 2.75) is 0 Å². The molecule has 1 N–H and O–H groups in total. The van der Waals surface area contributed by atoms with Crippen LogP contribution in [0.4, 0.5) is 5.69 Å². The standard InChI is InChI=1S/C18H12ClN3O3/c19-16-9-8-12(10-17(16)22(24)25)11-20-21-18(23)15-7-3-5-13-4-1-2-6-14(13)15/h1-11H,(H,21,23)/b20-11-. The van der Waals surface area contributed by atoms with Crippen molar-refractivity contribution in [2.24, 2.45) is 5.10 Å². The van der Waals surface area contributed by atoms with Gasteiger partial charge in [-0.05, 0) is 22.9 Å². The minimum atomic E-state index is -0.575. The summed E-state index contributed by atoms with van der Waals surface area (Å²) in [5, 5.41) is 16.6. The maximum absolute atomic E-state index is 12.3. The summed E-state index contributed by atoms with van der Waals surface area (Å²) in [6.45, 7) is 0. The molecule has 1 amide bonds. The molecule has 0 aliphatic heterocycles. The van der Waals surface area contributed by atoms with E-state index < -0.39 is 4.92 Å².